The number of hydrogen-bond donors (Lipinski definition) is 0. The Morgan fingerprint density at radius 2 is 1.97 bits per heavy atom. The summed E-state index contributed by atoms with van der Waals surface area (Å²) in [6, 6.07) is 11.7. The van der Waals surface area contributed by atoms with Crippen molar-refractivity contribution in [2.45, 2.75) is 31.7 Å². The number of para-hydroxylation sites is 1. The molecule has 0 saturated carbocycles. The fourth-order valence-corrected chi connectivity index (χ4v) is 5.77. The molecule has 0 atom stereocenters. The van der Waals surface area contributed by atoms with Crippen LogP contribution in [0.25, 0.3) is 0 Å². The summed E-state index contributed by atoms with van der Waals surface area (Å²) in [6.45, 7) is 4.23. The summed E-state index contributed by atoms with van der Waals surface area (Å²) in [7, 11) is -2.28. The number of nitrogens with zero attached hydrogens (tertiary/aromatic N) is 3. The predicted molar refractivity (Wildman–Crippen MR) is 118 cm³/mol. The summed E-state index contributed by atoms with van der Waals surface area (Å²) in [5.41, 5.74) is 3.39. The monoisotopic (exact) mass is 459 g/mol. The summed E-state index contributed by atoms with van der Waals surface area (Å²) >= 11 is 6.28. The predicted octanol–water partition coefficient (Wildman–Crippen LogP) is 3.97. The Morgan fingerprint density at radius 1 is 1.23 bits per heavy atom. The minimum atomic E-state index is -3.92. The Kier molecular flexibility index (Phi) is 5.53. The number of hydrogen-bond acceptors (Lipinski definition) is 5. The van der Waals surface area contributed by atoms with Crippen LogP contribution in [-0.4, -0.2) is 38.0 Å². The number of rotatable bonds is 5. The molecule has 0 N–H and O–H groups in total. The molecule has 4 rings (SSSR count). The Morgan fingerprint density at radius 3 is 2.68 bits per heavy atom. The molecule has 1 aliphatic rings. The maximum absolute atomic E-state index is 13.4. The van der Waals surface area contributed by atoms with E-state index in [1.165, 1.54) is 27.4 Å². The molecule has 0 saturated heterocycles. The van der Waals surface area contributed by atoms with Crippen LogP contribution in [0.4, 0.5) is 5.69 Å². The quantitative estimate of drug-likeness (QED) is 0.576. The van der Waals surface area contributed by atoms with E-state index in [-0.39, 0.29) is 21.4 Å². The van der Waals surface area contributed by atoms with Gasteiger partial charge in [0.15, 0.2) is 0 Å². The second-order valence-corrected chi connectivity index (χ2v) is 9.80. The summed E-state index contributed by atoms with van der Waals surface area (Å²) < 4.78 is 33.3. The first-order valence-electron chi connectivity index (χ1n) is 9.77. The lowest BCUT2D eigenvalue weighted by molar-refractivity contribution is 0.0784. The summed E-state index contributed by atoms with van der Waals surface area (Å²) in [6.07, 6.45) is 0.631. The molecule has 0 bridgehead atoms. The first-order valence-corrected chi connectivity index (χ1v) is 11.6. The van der Waals surface area contributed by atoms with Crippen LogP contribution in [0.2, 0.25) is 5.02 Å². The third-order valence-electron chi connectivity index (χ3n) is 5.51. The highest BCUT2D eigenvalue weighted by Crippen LogP contribution is 2.35. The van der Waals surface area contributed by atoms with Crippen LogP contribution in [0.1, 0.15) is 32.9 Å². The van der Waals surface area contributed by atoms with Crippen molar-refractivity contribution in [3.63, 3.8) is 0 Å². The third-order valence-corrected chi connectivity index (χ3v) is 7.81. The van der Waals surface area contributed by atoms with E-state index in [4.69, 9.17) is 16.1 Å². The molecular formula is C22H22ClN3O4S. The van der Waals surface area contributed by atoms with Gasteiger partial charge in [-0.1, -0.05) is 35.0 Å². The summed E-state index contributed by atoms with van der Waals surface area (Å²) in [4.78, 5) is 14.4. The summed E-state index contributed by atoms with van der Waals surface area (Å²) in [5.74, 6) is 0.319. The van der Waals surface area contributed by atoms with Gasteiger partial charge in [-0.3, -0.25) is 9.10 Å². The van der Waals surface area contributed by atoms with Crippen molar-refractivity contribution in [3.8, 4) is 0 Å². The zero-order valence-electron chi connectivity index (χ0n) is 17.4. The number of fused-ring (bicyclic) bond motifs is 1. The van der Waals surface area contributed by atoms with Gasteiger partial charge in [0.2, 0.25) is 0 Å². The molecule has 7 nitrogen and oxygen atoms in total. The van der Waals surface area contributed by atoms with Crippen molar-refractivity contribution in [3.05, 3.63) is 75.6 Å². The number of halogens is 1. The van der Waals surface area contributed by atoms with E-state index in [1.54, 1.807) is 26.1 Å². The second kappa shape index (κ2) is 8.01. The largest absolute Gasteiger partial charge is 0.361 e. The van der Waals surface area contributed by atoms with Gasteiger partial charge in [0.05, 0.1) is 22.9 Å². The van der Waals surface area contributed by atoms with E-state index in [0.717, 1.165) is 11.1 Å². The molecule has 1 aliphatic heterocycles. The van der Waals surface area contributed by atoms with Gasteiger partial charge in [-0.15, -0.1) is 0 Å². The van der Waals surface area contributed by atoms with Crippen LogP contribution in [0.15, 0.2) is 51.9 Å². The molecular weight excluding hydrogens is 438 g/mol. The van der Waals surface area contributed by atoms with Gasteiger partial charge < -0.3 is 9.42 Å². The van der Waals surface area contributed by atoms with Crippen molar-refractivity contribution < 1.29 is 17.7 Å². The van der Waals surface area contributed by atoms with Gasteiger partial charge in [0, 0.05) is 24.7 Å². The highest BCUT2D eigenvalue weighted by atomic mass is 35.5. The number of carbonyl (C=O) groups excluding carboxylic acids is 1. The highest BCUT2D eigenvalue weighted by Gasteiger charge is 2.33. The van der Waals surface area contributed by atoms with E-state index < -0.39 is 10.0 Å². The number of anilines is 1. The molecule has 0 radical (unpaired) electrons. The lowest BCUT2D eigenvalue weighted by Gasteiger charge is -2.21. The number of aryl methyl sites for hydroxylation is 2. The maximum Gasteiger partial charge on any atom is 0.265 e. The van der Waals surface area contributed by atoms with Crippen LogP contribution in [0.5, 0.6) is 0 Å². The SMILES string of the molecule is Cc1noc(C)c1CN(C)C(=O)c1ccc(Cl)c(S(=O)(=O)N2CCc3ccccc32)c1. The zero-order valence-corrected chi connectivity index (χ0v) is 19.0. The lowest BCUT2D eigenvalue weighted by Crippen LogP contribution is -2.30. The van der Waals surface area contributed by atoms with Crippen LogP contribution >= 0.6 is 11.6 Å². The normalized spacial score (nSPS) is 13.4. The molecule has 2 aromatic carbocycles. The van der Waals surface area contributed by atoms with E-state index in [1.807, 2.05) is 19.1 Å². The van der Waals surface area contributed by atoms with E-state index >= 15 is 0 Å². The number of amides is 1. The van der Waals surface area contributed by atoms with Crippen LogP contribution in [0, 0.1) is 13.8 Å². The molecule has 1 amide bonds. The molecule has 0 fully saturated rings. The number of benzene rings is 2. The first kappa shape index (κ1) is 21.4. The molecule has 0 unspecified atom stereocenters. The van der Waals surface area contributed by atoms with Crippen molar-refractivity contribution >= 4 is 33.2 Å². The molecule has 3 aromatic rings. The Labute approximate surface area is 186 Å². The second-order valence-electron chi connectivity index (χ2n) is 7.57. The third kappa shape index (κ3) is 3.81. The fraction of sp³-hybridized carbons (Fsp3) is 0.273. The van der Waals surface area contributed by atoms with E-state index in [9.17, 15) is 13.2 Å². The van der Waals surface area contributed by atoms with Crippen LogP contribution < -0.4 is 4.31 Å². The lowest BCUT2D eigenvalue weighted by atomic mass is 10.1. The van der Waals surface area contributed by atoms with Gasteiger partial charge in [-0.2, -0.15) is 0 Å². The van der Waals surface area contributed by atoms with Crippen LogP contribution in [-0.2, 0) is 23.0 Å². The van der Waals surface area contributed by atoms with E-state index in [0.29, 0.717) is 36.7 Å². The van der Waals surface area contributed by atoms with Crippen molar-refractivity contribution in [2.24, 2.45) is 0 Å². The standard InChI is InChI=1S/C22H22ClN3O4S/c1-14-18(15(2)30-24-14)13-25(3)22(27)17-8-9-19(23)21(12-17)31(28,29)26-11-10-16-6-4-5-7-20(16)26/h4-9,12H,10-11,13H2,1-3H3. The fourth-order valence-electron chi connectivity index (χ4n) is 3.77. The Hall–Kier alpha value is -2.84. The molecule has 9 heteroatoms. The molecule has 0 spiro atoms. The molecule has 1 aromatic heterocycles. The van der Waals surface area contributed by atoms with Gasteiger partial charge in [0.25, 0.3) is 15.9 Å². The highest BCUT2D eigenvalue weighted by molar-refractivity contribution is 7.93. The van der Waals surface area contributed by atoms with Crippen molar-refractivity contribution in [2.75, 3.05) is 17.9 Å². The zero-order chi connectivity index (χ0) is 22.3. The molecule has 0 aliphatic carbocycles. The maximum atomic E-state index is 13.4. The average Bonchev–Trinajstić information content (AvgIpc) is 3.32. The minimum Gasteiger partial charge on any atom is -0.361 e. The average molecular weight is 460 g/mol. The van der Waals surface area contributed by atoms with E-state index in [2.05, 4.69) is 5.16 Å². The van der Waals surface area contributed by atoms with Gasteiger partial charge in [-0.05, 0) is 50.1 Å². The Balaban J connectivity index is 1.65. The number of carbonyl (C=O) groups is 1. The molecule has 162 valence electrons. The smallest absolute Gasteiger partial charge is 0.265 e. The summed E-state index contributed by atoms with van der Waals surface area (Å²) in [5, 5.41) is 3.98. The van der Waals surface area contributed by atoms with Crippen LogP contribution in [0.3, 0.4) is 0 Å². The van der Waals surface area contributed by atoms with Gasteiger partial charge >= 0.3 is 0 Å². The van der Waals surface area contributed by atoms with Gasteiger partial charge in [0.1, 0.15) is 10.7 Å². The first-order chi connectivity index (χ1) is 14.7. The minimum absolute atomic E-state index is 0.0781. The number of aromatic nitrogens is 1. The van der Waals surface area contributed by atoms with Gasteiger partial charge in [-0.25, -0.2) is 8.42 Å². The molecule has 2 heterocycles. The van der Waals surface area contributed by atoms with Crippen molar-refractivity contribution in [1.29, 1.82) is 0 Å². The van der Waals surface area contributed by atoms with Crippen molar-refractivity contribution in [1.82, 2.24) is 10.1 Å². The number of sulfonamides is 1. The molecule has 31 heavy (non-hydrogen) atoms. The Bertz CT molecular complexity index is 1250. The topological polar surface area (TPSA) is 83.7 Å².